The van der Waals surface area contributed by atoms with Crippen molar-refractivity contribution in [2.24, 2.45) is 52.3 Å². The maximum Gasteiger partial charge on any atom is 0.0599 e. The summed E-state index contributed by atoms with van der Waals surface area (Å²) in [5.41, 5.74) is 0.735. The van der Waals surface area contributed by atoms with Crippen LogP contribution < -0.4 is 0 Å². The lowest BCUT2D eigenvalue weighted by atomic mass is 9.44. The van der Waals surface area contributed by atoms with E-state index < -0.39 is 0 Å². The molecule has 3 unspecified atom stereocenters. The maximum absolute atomic E-state index is 11.1. The molecule has 4 saturated carbocycles. The SMILES string of the molecule is CC(CO)CCC[C@@H](C)[C@H]1CC[C@H]2[C@@H]3CCC4CCCC(O)[C@]4(C)[C@H]3CC[C@]12C. The molecule has 0 aromatic heterocycles. The van der Waals surface area contributed by atoms with E-state index in [0.29, 0.717) is 17.9 Å². The van der Waals surface area contributed by atoms with E-state index in [-0.39, 0.29) is 11.5 Å². The van der Waals surface area contributed by atoms with Crippen LogP contribution in [-0.2, 0) is 0 Å². The zero-order chi connectivity index (χ0) is 20.8. The number of aliphatic hydroxyl groups excluding tert-OH is 2. The van der Waals surface area contributed by atoms with Gasteiger partial charge in [0.2, 0.25) is 0 Å². The first-order valence-corrected chi connectivity index (χ1v) is 13.1. The Labute approximate surface area is 180 Å². The highest BCUT2D eigenvalue weighted by molar-refractivity contribution is 5.10. The van der Waals surface area contributed by atoms with Gasteiger partial charge in [-0.1, -0.05) is 47.0 Å². The van der Waals surface area contributed by atoms with Gasteiger partial charge in [-0.05, 0) is 110 Å². The van der Waals surface area contributed by atoms with E-state index in [1.807, 2.05) is 0 Å². The highest BCUT2D eigenvalue weighted by Crippen LogP contribution is 2.68. The predicted molar refractivity (Wildman–Crippen MR) is 120 cm³/mol. The zero-order valence-corrected chi connectivity index (χ0v) is 19.7. The molecule has 0 radical (unpaired) electrons. The molecule has 0 heterocycles. The minimum Gasteiger partial charge on any atom is -0.396 e. The van der Waals surface area contributed by atoms with Crippen molar-refractivity contribution in [3.63, 3.8) is 0 Å². The average Bonchev–Trinajstić information content (AvgIpc) is 3.06. The van der Waals surface area contributed by atoms with Crippen LogP contribution in [0.4, 0.5) is 0 Å². The van der Waals surface area contributed by atoms with E-state index in [4.69, 9.17) is 0 Å². The second-order valence-corrected chi connectivity index (χ2v) is 12.4. The molecule has 4 aliphatic carbocycles. The highest BCUT2D eigenvalue weighted by atomic mass is 16.3. The van der Waals surface area contributed by atoms with Gasteiger partial charge in [0.15, 0.2) is 0 Å². The summed E-state index contributed by atoms with van der Waals surface area (Å²) >= 11 is 0. The first-order chi connectivity index (χ1) is 13.8. The van der Waals surface area contributed by atoms with Gasteiger partial charge in [0, 0.05) is 6.61 Å². The van der Waals surface area contributed by atoms with Gasteiger partial charge in [-0.3, -0.25) is 0 Å². The molecule has 0 spiro atoms. The molecule has 0 bridgehead atoms. The van der Waals surface area contributed by atoms with Crippen LogP contribution in [-0.4, -0.2) is 22.9 Å². The summed E-state index contributed by atoms with van der Waals surface area (Å²) in [4.78, 5) is 0. The summed E-state index contributed by atoms with van der Waals surface area (Å²) in [5.74, 6) is 5.49. The molecule has 0 aromatic rings. The summed E-state index contributed by atoms with van der Waals surface area (Å²) in [6.45, 7) is 10.2. The molecule has 2 nitrogen and oxygen atoms in total. The van der Waals surface area contributed by atoms with E-state index in [1.54, 1.807) is 0 Å². The van der Waals surface area contributed by atoms with E-state index in [0.717, 1.165) is 41.9 Å². The smallest absolute Gasteiger partial charge is 0.0599 e. The predicted octanol–water partition coefficient (Wildman–Crippen LogP) is 6.44. The van der Waals surface area contributed by atoms with Gasteiger partial charge in [-0.2, -0.15) is 0 Å². The Bertz CT molecular complexity index is 561. The van der Waals surface area contributed by atoms with Crippen LogP contribution in [0.1, 0.15) is 105 Å². The Hall–Kier alpha value is -0.0800. The number of fused-ring (bicyclic) bond motifs is 5. The summed E-state index contributed by atoms with van der Waals surface area (Å²) in [6.07, 6.45) is 15.8. The third kappa shape index (κ3) is 3.63. The molecule has 0 aliphatic heterocycles. The Balaban J connectivity index is 1.45. The van der Waals surface area contributed by atoms with Crippen molar-refractivity contribution >= 4 is 0 Å². The second-order valence-electron chi connectivity index (χ2n) is 12.4. The third-order valence-electron chi connectivity index (χ3n) is 11.1. The van der Waals surface area contributed by atoms with Gasteiger partial charge in [0.1, 0.15) is 0 Å². The lowest BCUT2D eigenvalue weighted by Gasteiger charge is -2.62. The molecule has 0 saturated heterocycles. The zero-order valence-electron chi connectivity index (χ0n) is 19.7. The minimum atomic E-state index is -0.0527. The number of hydrogen-bond acceptors (Lipinski definition) is 2. The number of rotatable bonds is 6. The lowest BCUT2D eigenvalue weighted by molar-refractivity contribution is -0.164. The molecule has 4 aliphatic rings. The molecule has 4 rings (SSSR count). The van der Waals surface area contributed by atoms with Gasteiger partial charge in [-0.25, -0.2) is 0 Å². The lowest BCUT2D eigenvalue weighted by Crippen LogP contribution is -2.57. The largest absolute Gasteiger partial charge is 0.396 e. The van der Waals surface area contributed by atoms with Crippen molar-refractivity contribution in [2.75, 3.05) is 6.61 Å². The Morgan fingerprint density at radius 2 is 1.69 bits per heavy atom. The van der Waals surface area contributed by atoms with Crippen LogP contribution in [0.2, 0.25) is 0 Å². The van der Waals surface area contributed by atoms with Crippen molar-refractivity contribution in [3.05, 3.63) is 0 Å². The summed E-state index contributed by atoms with van der Waals surface area (Å²) < 4.78 is 0. The topological polar surface area (TPSA) is 40.5 Å². The molecule has 0 amide bonds. The second kappa shape index (κ2) is 8.45. The van der Waals surface area contributed by atoms with Crippen LogP contribution in [0.5, 0.6) is 0 Å². The Morgan fingerprint density at radius 3 is 2.45 bits per heavy atom. The molecule has 29 heavy (non-hydrogen) atoms. The first-order valence-electron chi connectivity index (χ1n) is 13.1. The van der Waals surface area contributed by atoms with Crippen molar-refractivity contribution in [1.82, 2.24) is 0 Å². The van der Waals surface area contributed by atoms with Crippen LogP contribution in [0.15, 0.2) is 0 Å². The number of hydrogen-bond donors (Lipinski definition) is 2. The van der Waals surface area contributed by atoms with E-state index >= 15 is 0 Å². The highest BCUT2D eigenvalue weighted by Gasteiger charge is 2.61. The van der Waals surface area contributed by atoms with E-state index in [9.17, 15) is 10.2 Å². The molecule has 2 N–H and O–H groups in total. The summed E-state index contributed by atoms with van der Waals surface area (Å²) in [7, 11) is 0. The van der Waals surface area contributed by atoms with Gasteiger partial charge >= 0.3 is 0 Å². The van der Waals surface area contributed by atoms with Crippen molar-refractivity contribution in [1.29, 1.82) is 0 Å². The molecule has 10 atom stereocenters. The van der Waals surface area contributed by atoms with Gasteiger partial charge in [-0.15, -0.1) is 0 Å². The van der Waals surface area contributed by atoms with Crippen LogP contribution >= 0.6 is 0 Å². The molecule has 168 valence electrons. The van der Waals surface area contributed by atoms with Gasteiger partial charge in [0.05, 0.1) is 6.10 Å². The fourth-order valence-corrected chi connectivity index (χ4v) is 9.37. The molecular weight excluding hydrogens is 356 g/mol. The summed E-state index contributed by atoms with van der Waals surface area (Å²) in [6, 6.07) is 0. The van der Waals surface area contributed by atoms with Crippen LogP contribution in [0.3, 0.4) is 0 Å². The molecule has 0 aromatic carbocycles. The molecular formula is C27H48O2. The van der Waals surface area contributed by atoms with Gasteiger partial charge < -0.3 is 10.2 Å². The molecule has 2 heteroatoms. The first kappa shape index (κ1) is 22.1. The van der Waals surface area contributed by atoms with E-state index in [1.165, 1.54) is 70.6 Å². The van der Waals surface area contributed by atoms with Crippen LogP contribution in [0.25, 0.3) is 0 Å². The Morgan fingerprint density at radius 1 is 0.897 bits per heavy atom. The van der Waals surface area contributed by atoms with Crippen LogP contribution in [0, 0.1) is 52.3 Å². The fraction of sp³-hybridized carbons (Fsp3) is 1.00. The normalized spacial score (nSPS) is 49.0. The van der Waals surface area contributed by atoms with E-state index in [2.05, 4.69) is 27.7 Å². The average molecular weight is 405 g/mol. The van der Waals surface area contributed by atoms with Gasteiger partial charge in [0.25, 0.3) is 0 Å². The van der Waals surface area contributed by atoms with Crippen molar-refractivity contribution < 1.29 is 10.2 Å². The minimum absolute atomic E-state index is 0.0527. The summed E-state index contributed by atoms with van der Waals surface area (Å²) in [5, 5.41) is 20.4. The Kier molecular flexibility index (Phi) is 6.45. The monoisotopic (exact) mass is 404 g/mol. The third-order valence-corrected chi connectivity index (χ3v) is 11.1. The fourth-order valence-electron chi connectivity index (χ4n) is 9.37. The number of aliphatic hydroxyl groups is 2. The van der Waals surface area contributed by atoms with Crippen molar-refractivity contribution in [3.8, 4) is 0 Å². The quantitative estimate of drug-likeness (QED) is 0.534. The van der Waals surface area contributed by atoms with Crippen molar-refractivity contribution in [2.45, 2.75) is 111 Å². The maximum atomic E-state index is 11.1. The molecule has 4 fully saturated rings. The standard InChI is InChI=1S/C27H48O2/c1-18(17-28)7-5-8-19(2)22-13-14-23-21-12-11-20-9-6-10-25(29)27(20,4)24(21)15-16-26(22,23)3/h18-25,28-29H,5-17H2,1-4H3/t18?,19-,20?,21+,22-,23+,24+,25?,26-,27+/m1/s1.